The van der Waals surface area contributed by atoms with E-state index in [1.165, 1.54) is 11.3 Å². The van der Waals surface area contributed by atoms with Crippen LogP contribution in [0.3, 0.4) is 0 Å². The Morgan fingerprint density at radius 1 is 1.38 bits per heavy atom. The Bertz CT molecular complexity index is 258. The summed E-state index contributed by atoms with van der Waals surface area (Å²) in [5.41, 5.74) is 8.03. The van der Waals surface area contributed by atoms with Gasteiger partial charge in [-0.05, 0) is 31.0 Å². The van der Waals surface area contributed by atoms with E-state index in [1.54, 1.807) is 0 Å². The first-order chi connectivity index (χ1) is 6.24. The van der Waals surface area contributed by atoms with E-state index in [4.69, 9.17) is 5.73 Å². The van der Waals surface area contributed by atoms with Gasteiger partial charge in [-0.25, -0.2) is 0 Å². The Morgan fingerprint density at radius 2 is 2.08 bits per heavy atom. The maximum atomic E-state index is 5.53. The molecular formula is C11H18N2. The minimum Gasteiger partial charge on any atom is -0.385 e. The molecule has 1 atom stereocenters. The SMILES string of the molecule is Cc1ccccc1NCC(C)CN. The normalized spacial score (nSPS) is 12.5. The standard InChI is InChI=1S/C11H18N2/c1-9(7-12)8-13-11-6-4-3-5-10(11)2/h3-6,9,13H,7-8,12H2,1-2H3. The number of benzene rings is 1. The van der Waals surface area contributed by atoms with E-state index in [9.17, 15) is 0 Å². The molecule has 0 aliphatic carbocycles. The third-order valence-electron chi connectivity index (χ3n) is 2.19. The molecule has 0 fully saturated rings. The number of nitrogens with one attached hydrogen (secondary N) is 1. The summed E-state index contributed by atoms with van der Waals surface area (Å²) in [4.78, 5) is 0. The Balaban J connectivity index is 2.50. The number of rotatable bonds is 4. The summed E-state index contributed by atoms with van der Waals surface area (Å²) in [7, 11) is 0. The fourth-order valence-electron chi connectivity index (χ4n) is 1.14. The predicted octanol–water partition coefficient (Wildman–Crippen LogP) is 2.00. The molecule has 0 heterocycles. The third-order valence-corrected chi connectivity index (χ3v) is 2.19. The van der Waals surface area contributed by atoms with Gasteiger partial charge in [0.1, 0.15) is 0 Å². The smallest absolute Gasteiger partial charge is 0.0369 e. The lowest BCUT2D eigenvalue weighted by Gasteiger charge is -2.12. The van der Waals surface area contributed by atoms with Crippen LogP contribution in [0.15, 0.2) is 24.3 Å². The lowest BCUT2D eigenvalue weighted by atomic mass is 10.1. The first-order valence-electron chi connectivity index (χ1n) is 4.73. The summed E-state index contributed by atoms with van der Waals surface area (Å²) in [5, 5.41) is 3.38. The fraction of sp³-hybridized carbons (Fsp3) is 0.455. The second kappa shape index (κ2) is 4.87. The Labute approximate surface area is 80.1 Å². The molecule has 2 heteroatoms. The zero-order valence-corrected chi connectivity index (χ0v) is 8.38. The number of anilines is 1. The van der Waals surface area contributed by atoms with Gasteiger partial charge < -0.3 is 11.1 Å². The van der Waals surface area contributed by atoms with Crippen LogP contribution in [0.2, 0.25) is 0 Å². The van der Waals surface area contributed by atoms with Gasteiger partial charge in [0.15, 0.2) is 0 Å². The molecule has 1 aromatic carbocycles. The van der Waals surface area contributed by atoms with Crippen LogP contribution >= 0.6 is 0 Å². The van der Waals surface area contributed by atoms with Crippen molar-refractivity contribution in [1.29, 1.82) is 0 Å². The molecular weight excluding hydrogens is 160 g/mol. The number of nitrogens with two attached hydrogens (primary N) is 1. The van der Waals surface area contributed by atoms with Crippen LogP contribution in [0.1, 0.15) is 12.5 Å². The summed E-state index contributed by atoms with van der Waals surface area (Å²) in [5.74, 6) is 0.527. The van der Waals surface area contributed by atoms with E-state index in [2.05, 4.69) is 31.3 Å². The van der Waals surface area contributed by atoms with Gasteiger partial charge in [-0.15, -0.1) is 0 Å². The molecule has 0 saturated carbocycles. The first kappa shape index (κ1) is 10.1. The maximum Gasteiger partial charge on any atom is 0.0369 e. The van der Waals surface area contributed by atoms with Crippen molar-refractivity contribution in [1.82, 2.24) is 0 Å². The molecule has 72 valence electrons. The molecule has 2 nitrogen and oxygen atoms in total. The van der Waals surface area contributed by atoms with Crippen LogP contribution < -0.4 is 11.1 Å². The largest absolute Gasteiger partial charge is 0.385 e. The quantitative estimate of drug-likeness (QED) is 0.740. The van der Waals surface area contributed by atoms with Gasteiger partial charge >= 0.3 is 0 Å². The molecule has 0 amide bonds. The van der Waals surface area contributed by atoms with Crippen molar-refractivity contribution in [2.45, 2.75) is 13.8 Å². The summed E-state index contributed by atoms with van der Waals surface area (Å²) in [6.45, 7) is 5.93. The minimum absolute atomic E-state index is 0.527. The molecule has 0 aliphatic heterocycles. The predicted molar refractivity (Wildman–Crippen MR) is 57.9 cm³/mol. The van der Waals surface area contributed by atoms with Crippen molar-refractivity contribution in [2.75, 3.05) is 18.4 Å². The highest BCUT2D eigenvalue weighted by Gasteiger charge is 1.99. The van der Waals surface area contributed by atoms with Crippen molar-refractivity contribution in [3.63, 3.8) is 0 Å². The van der Waals surface area contributed by atoms with Gasteiger partial charge in [0.25, 0.3) is 0 Å². The molecule has 0 aliphatic rings. The lowest BCUT2D eigenvalue weighted by Crippen LogP contribution is -2.19. The van der Waals surface area contributed by atoms with Crippen molar-refractivity contribution < 1.29 is 0 Å². The van der Waals surface area contributed by atoms with Crippen LogP contribution in [0, 0.1) is 12.8 Å². The molecule has 0 spiro atoms. The number of aryl methyl sites for hydroxylation is 1. The second-order valence-corrected chi connectivity index (χ2v) is 3.54. The molecule has 0 bridgehead atoms. The highest BCUT2D eigenvalue weighted by Crippen LogP contribution is 2.13. The molecule has 1 unspecified atom stereocenters. The van der Waals surface area contributed by atoms with E-state index in [-0.39, 0.29) is 0 Å². The topological polar surface area (TPSA) is 38.0 Å². The van der Waals surface area contributed by atoms with Gasteiger partial charge in [-0.2, -0.15) is 0 Å². The third kappa shape index (κ3) is 3.07. The van der Waals surface area contributed by atoms with E-state index in [0.29, 0.717) is 5.92 Å². The van der Waals surface area contributed by atoms with Gasteiger partial charge in [-0.1, -0.05) is 25.1 Å². The molecule has 0 radical (unpaired) electrons. The Hall–Kier alpha value is -1.02. The van der Waals surface area contributed by atoms with Crippen molar-refractivity contribution >= 4 is 5.69 Å². The molecule has 0 aromatic heterocycles. The van der Waals surface area contributed by atoms with Crippen LogP contribution in [0.5, 0.6) is 0 Å². The van der Waals surface area contributed by atoms with Gasteiger partial charge in [0.05, 0.1) is 0 Å². The van der Waals surface area contributed by atoms with Crippen LogP contribution in [-0.2, 0) is 0 Å². The fourth-order valence-corrected chi connectivity index (χ4v) is 1.14. The molecule has 1 aromatic rings. The molecule has 0 saturated heterocycles. The summed E-state index contributed by atoms with van der Waals surface area (Å²) in [6.07, 6.45) is 0. The summed E-state index contributed by atoms with van der Waals surface area (Å²) in [6, 6.07) is 8.29. The first-order valence-corrected chi connectivity index (χ1v) is 4.73. The van der Waals surface area contributed by atoms with Crippen molar-refractivity contribution in [3.05, 3.63) is 29.8 Å². The van der Waals surface area contributed by atoms with Gasteiger partial charge in [0.2, 0.25) is 0 Å². The van der Waals surface area contributed by atoms with E-state index in [1.807, 2.05) is 12.1 Å². The number of hydrogen-bond donors (Lipinski definition) is 2. The lowest BCUT2D eigenvalue weighted by molar-refractivity contribution is 0.628. The van der Waals surface area contributed by atoms with Crippen LogP contribution in [0.25, 0.3) is 0 Å². The highest BCUT2D eigenvalue weighted by atomic mass is 14.9. The molecule has 1 rings (SSSR count). The monoisotopic (exact) mass is 178 g/mol. The minimum atomic E-state index is 0.527. The van der Waals surface area contributed by atoms with E-state index < -0.39 is 0 Å². The zero-order chi connectivity index (χ0) is 9.68. The van der Waals surface area contributed by atoms with Gasteiger partial charge in [0, 0.05) is 12.2 Å². The molecule has 3 N–H and O–H groups in total. The van der Waals surface area contributed by atoms with Crippen LogP contribution in [-0.4, -0.2) is 13.1 Å². The Kier molecular flexibility index (Phi) is 3.77. The van der Waals surface area contributed by atoms with Crippen molar-refractivity contribution in [2.24, 2.45) is 11.7 Å². The van der Waals surface area contributed by atoms with E-state index >= 15 is 0 Å². The number of hydrogen-bond acceptors (Lipinski definition) is 2. The average Bonchev–Trinajstić information content (AvgIpc) is 2.16. The zero-order valence-electron chi connectivity index (χ0n) is 8.38. The molecule has 13 heavy (non-hydrogen) atoms. The van der Waals surface area contributed by atoms with Crippen LogP contribution in [0.4, 0.5) is 5.69 Å². The average molecular weight is 178 g/mol. The number of para-hydroxylation sites is 1. The summed E-state index contributed by atoms with van der Waals surface area (Å²) >= 11 is 0. The second-order valence-electron chi connectivity index (χ2n) is 3.54. The highest BCUT2D eigenvalue weighted by molar-refractivity contribution is 5.50. The van der Waals surface area contributed by atoms with Crippen molar-refractivity contribution in [3.8, 4) is 0 Å². The summed E-state index contributed by atoms with van der Waals surface area (Å²) < 4.78 is 0. The van der Waals surface area contributed by atoms with E-state index in [0.717, 1.165) is 13.1 Å². The van der Waals surface area contributed by atoms with Gasteiger partial charge in [-0.3, -0.25) is 0 Å². The Morgan fingerprint density at radius 3 is 2.69 bits per heavy atom. The maximum absolute atomic E-state index is 5.53.